The zero-order valence-corrected chi connectivity index (χ0v) is 9.05. The second-order valence-electron chi connectivity index (χ2n) is 3.08. The van der Waals surface area contributed by atoms with E-state index >= 15 is 0 Å². The number of hydrogen-bond acceptors (Lipinski definition) is 3. The van der Waals surface area contributed by atoms with Crippen LogP contribution in [0.2, 0.25) is 0 Å². The van der Waals surface area contributed by atoms with Gasteiger partial charge < -0.3 is 9.47 Å². The Labute approximate surface area is 88.6 Å². The van der Waals surface area contributed by atoms with E-state index in [4.69, 9.17) is 9.47 Å². The van der Waals surface area contributed by atoms with Gasteiger partial charge in [-0.3, -0.25) is 0 Å². The van der Waals surface area contributed by atoms with Crippen molar-refractivity contribution in [3.63, 3.8) is 0 Å². The van der Waals surface area contributed by atoms with Crippen LogP contribution in [0.5, 0.6) is 0 Å². The van der Waals surface area contributed by atoms with Crippen LogP contribution in [0.4, 0.5) is 0 Å². The maximum absolute atomic E-state index is 5.41. The van der Waals surface area contributed by atoms with Crippen LogP contribution in [-0.2, 0) is 9.47 Å². The molecule has 1 aromatic carbocycles. The summed E-state index contributed by atoms with van der Waals surface area (Å²) in [6.45, 7) is 3.56. The van der Waals surface area contributed by atoms with E-state index < -0.39 is 0 Å². The minimum atomic E-state index is -0.143. The average molecular weight is 210 g/mol. The molecule has 2 nitrogen and oxygen atoms in total. The van der Waals surface area contributed by atoms with E-state index in [1.54, 1.807) is 0 Å². The lowest BCUT2D eigenvalue weighted by Crippen LogP contribution is -1.97. The molecule has 0 radical (unpaired) electrons. The van der Waals surface area contributed by atoms with Crippen LogP contribution >= 0.6 is 11.8 Å². The third-order valence-corrected chi connectivity index (χ3v) is 2.98. The predicted octanol–water partition coefficient (Wildman–Crippen LogP) is 2.84. The van der Waals surface area contributed by atoms with E-state index in [9.17, 15) is 0 Å². The molecule has 0 saturated carbocycles. The second kappa shape index (κ2) is 4.82. The van der Waals surface area contributed by atoms with Crippen molar-refractivity contribution >= 4 is 11.8 Å². The van der Waals surface area contributed by atoms with Gasteiger partial charge in [0.1, 0.15) is 0 Å². The van der Waals surface area contributed by atoms with Gasteiger partial charge in [0.25, 0.3) is 0 Å². The Hall–Kier alpha value is -0.510. The summed E-state index contributed by atoms with van der Waals surface area (Å²) < 4.78 is 10.8. The lowest BCUT2D eigenvalue weighted by Gasteiger charge is -2.09. The fraction of sp³-hybridized carbons (Fsp3) is 0.455. The molecular weight excluding hydrogens is 196 g/mol. The summed E-state index contributed by atoms with van der Waals surface area (Å²) in [5, 5.41) is 0. The molecule has 0 aromatic heterocycles. The minimum absolute atomic E-state index is 0.143. The Morgan fingerprint density at radius 3 is 2.43 bits per heavy atom. The van der Waals surface area contributed by atoms with Crippen LogP contribution in [0.15, 0.2) is 29.2 Å². The van der Waals surface area contributed by atoms with Crippen LogP contribution in [0, 0.1) is 0 Å². The number of ether oxygens (including phenoxy) is 2. The molecule has 0 atom stereocenters. The molecule has 0 amide bonds. The summed E-state index contributed by atoms with van der Waals surface area (Å²) in [6.07, 6.45) is -0.143. The fourth-order valence-corrected chi connectivity index (χ4v) is 2.10. The van der Waals surface area contributed by atoms with Crippen molar-refractivity contribution in [2.75, 3.05) is 19.0 Å². The van der Waals surface area contributed by atoms with Crippen LogP contribution in [0.25, 0.3) is 0 Å². The summed E-state index contributed by atoms with van der Waals surface area (Å²) >= 11 is 1.84. The Bertz CT molecular complexity index is 278. The molecule has 1 aliphatic rings. The normalized spacial score (nSPS) is 17.5. The lowest BCUT2D eigenvalue weighted by atomic mass is 10.2. The van der Waals surface area contributed by atoms with Gasteiger partial charge in [0.2, 0.25) is 0 Å². The SMILES string of the molecule is CCSc1ccc(C2OCCO2)cc1. The topological polar surface area (TPSA) is 18.5 Å². The van der Waals surface area contributed by atoms with Gasteiger partial charge in [-0.25, -0.2) is 0 Å². The highest BCUT2D eigenvalue weighted by Gasteiger charge is 2.17. The number of rotatable bonds is 3. The Morgan fingerprint density at radius 2 is 1.86 bits per heavy atom. The molecule has 2 rings (SSSR count). The molecule has 0 unspecified atom stereocenters. The maximum Gasteiger partial charge on any atom is 0.184 e. The van der Waals surface area contributed by atoms with Gasteiger partial charge >= 0.3 is 0 Å². The van der Waals surface area contributed by atoms with Crippen molar-refractivity contribution < 1.29 is 9.47 Å². The van der Waals surface area contributed by atoms with Gasteiger partial charge in [0, 0.05) is 10.5 Å². The van der Waals surface area contributed by atoms with Gasteiger partial charge in [0.05, 0.1) is 13.2 Å². The summed E-state index contributed by atoms with van der Waals surface area (Å²) in [7, 11) is 0. The Balaban J connectivity index is 2.05. The molecular formula is C11H14O2S. The van der Waals surface area contributed by atoms with Crippen LogP contribution in [0.3, 0.4) is 0 Å². The smallest absolute Gasteiger partial charge is 0.184 e. The first-order chi connectivity index (χ1) is 6.90. The molecule has 0 bridgehead atoms. The number of thioether (sulfide) groups is 1. The summed E-state index contributed by atoms with van der Waals surface area (Å²) in [4.78, 5) is 1.30. The van der Waals surface area contributed by atoms with E-state index in [1.807, 2.05) is 11.8 Å². The molecule has 1 aromatic rings. The molecule has 3 heteroatoms. The van der Waals surface area contributed by atoms with Crippen LogP contribution in [-0.4, -0.2) is 19.0 Å². The molecule has 0 N–H and O–H groups in total. The third kappa shape index (κ3) is 2.29. The minimum Gasteiger partial charge on any atom is -0.346 e. The standard InChI is InChI=1S/C11H14O2S/c1-2-14-10-5-3-9(4-6-10)11-12-7-8-13-11/h3-6,11H,2,7-8H2,1H3. The maximum atomic E-state index is 5.41. The molecule has 1 aliphatic heterocycles. The summed E-state index contributed by atoms with van der Waals surface area (Å²) in [5.41, 5.74) is 1.11. The third-order valence-electron chi connectivity index (χ3n) is 2.09. The van der Waals surface area contributed by atoms with Gasteiger partial charge in [-0.2, -0.15) is 0 Å². The van der Waals surface area contributed by atoms with E-state index in [-0.39, 0.29) is 6.29 Å². The quantitative estimate of drug-likeness (QED) is 0.715. The van der Waals surface area contributed by atoms with Crippen molar-refractivity contribution in [1.82, 2.24) is 0 Å². The Kier molecular flexibility index (Phi) is 3.45. The average Bonchev–Trinajstić information content (AvgIpc) is 2.72. The zero-order valence-electron chi connectivity index (χ0n) is 8.23. The van der Waals surface area contributed by atoms with Crippen molar-refractivity contribution in [3.05, 3.63) is 29.8 Å². The first-order valence-corrected chi connectivity index (χ1v) is 5.84. The van der Waals surface area contributed by atoms with Gasteiger partial charge in [-0.05, 0) is 17.9 Å². The van der Waals surface area contributed by atoms with Gasteiger partial charge in [-0.15, -0.1) is 11.8 Å². The largest absolute Gasteiger partial charge is 0.346 e. The van der Waals surface area contributed by atoms with E-state index in [0.717, 1.165) is 11.3 Å². The number of benzene rings is 1. The molecule has 1 heterocycles. The van der Waals surface area contributed by atoms with Crippen molar-refractivity contribution in [2.24, 2.45) is 0 Å². The molecule has 1 fully saturated rings. The Morgan fingerprint density at radius 1 is 1.21 bits per heavy atom. The highest BCUT2D eigenvalue weighted by atomic mass is 32.2. The second-order valence-corrected chi connectivity index (χ2v) is 4.41. The monoisotopic (exact) mass is 210 g/mol. The molecule has 0 spiro atoms. The summed E-state index contributed by atoms with van der Waals surface area (Å²) in [5.74, 6) is 1.11. The first-order valence-electron chi connectivity index (χ1n) is 4.86. The number of hydrogen-bond donors (Lipinski definition) is 0. The van der Waals surface area contributed by atoms with Crippen molar-refractivity contribution in [2.45, 2.75) is 18.1 Å². The van der Waals surface area contributed by atoms with Crippen molar-refractivity contribution in [3.8, 4) is 0 Å². The van der Waals surface area contributed by atoms with Crippen LogP contribution in [0.1, 0.15) is 18.8 Å². The first kappa shape index (κ1) is 10.0. The molecule has 0 aliphatic carbocycles. The van der Waals surface area contributed by atoms with E-state index in [2.05, 4.69) is 31.2 Å². The lowest BCUT2D eigenvalue weighted by molar-refractivity contribution is -0.0441. The van der Waals surface area contributed by atoms with Crippen LogP contribution < -0.4 is 0 Å². The molecule has 76 valence electrons. The molecule has 14 heavy (non-hydrogen) atoms. The predicted molar refractivity (Wildman–Crippen MR) is 57.5 cm³/mol. The highest BCUT2D eigenvalue weighted by Crippen LogP contribution is 2.25. The van der Waals surface area contributed by atoms with Gasteiger partial charge in [0.15, 0.2) is 6.29 Å². The fourth-order valence-electron chi connectivity index (χ4n) is 1.44. The zero-order chi connectivity index (χ0) is 9.80. The summed E-state index contributed by atoms with van der Waals surface area (Å²) in [6, 6.07) is 8.39. The molecule has 1 saturated heterocycles. The highest BCUT2D eigenvalue weighted by molar-refractivity contribution is 7.99. The van der Waals surface area contributed by atoms with Crippen molar-refractivity contribution in [1.29, 1.82) is 0 Å². The van der Waals surface area contributed by atoms with Gasteiger partial charge in [-0.1, -0.05) is 19.1 Å². The van der Waals surface area contributed by atoms with E-state index in [1.165, 1.54) is 4.90 Å². The van der Waals surface area contributed by atoms with E-state index in [0.29, 0.717) is 13.2 Å².